The number of primary amides is 1. The molecule has 0 aliphatic rings. The third-order valence-corrected chi connectivity index (χ3v) is 4.02. The van der Waals surface area contributed by atoms with Crippen LogP contribution in [-0.2, 0) is 0 Å². The van der Waals surface area contributed by atoms with Gasteiger partial charge in [-0.2, -0.15) is 0 Å². The summed E-state index contributed by atoms with van der Waals surface area (Å²) in [6.45, 7) is 1.41. The fraction of sp³-hybridized carbons (Fsp3) is 0.0455. The van der Waals surface area contributed by atoms with Crippen molar-refractivity contribution in [1.29, 1.82) is 0 Å². The smallest absolute Gasteiger partial charge is 0.322 e. The van der Waals surface area contributed by atoms with E-state index in [9.17, 15) is 14.4 Å². The van der Waals surface area contributed by atoms with Crippen LogP contribution < -0.4 is 10.6 Å². The Hall–Kier alpha value is -3.57. The maximum atomic E-state index is 12.6. The Kier molecular flexibility index (Phi) is 5.54. The molecule has 0 fully saturated rings. The molecular formula is C22H19N2O3+. The predicted molar refractivity (Wildman–Crippen MR) is 103 cm³/mol. The molecule has 0 atom stereocenters. The van der Waals surface area contributed by atoms with E-state index < -0.39 is 0 Å². The van der Waals surface area contributed by atoms with Gasteiger partial charge in [0.15, 0.2) is 5.78 Å². The summed E-state index contributed by atoms with van der Waals surface area (Å²) in [5.41, 5.74) is 2.27. The first-order chi connectivity index (χ1) is 13.0. The third kappa shape index (κ3) is 4.74. The van der Waals surface area contributed by atoms with Crippen LogP contribution in [0.2, 0.25) is 0 Å². The van der Waals surface area contributed by atoms with Crippen LogP contribution in [0.1, 0.15) is 38.0 Å². The zero-order chi connectivity index (χ0) is 19.2. The van der Waals surface area contributed by atoms with Crippen molar-refractivity contribution in [2.45, 2.75) is 6.92 Å². The second kappa shape index (κ2) is 8.21. The molecule has 5 heteroatoms. The molecule has 0 aliphatic heterocycles. The second-order valence-electron chi connectivity index (χ2n) is 6.09. The maximum absolute atomic E-state index is 12.6. The number of Topliss-reactive ketones (excluding diaryl/α,β-unsaturated/α-hetero) is 1. The van der Waals surface area contributed by atoms with Gasteiger partial charge < -0.3 is 5.32 Å². The molecule has 2 amide bonds. The van der Waals surface area contributed by atoms with E-state index in [0.29, 0.717) is 16.8 Å². The van der Waals surface area contributed by atoms with E-state index in [4.69, 9.17) is 0 Å². The lowest BCUT2D eigenvalue weighted by Gasteiger charge is -2.08. The van der Waals surface area contributed by atoms with Crippen LogP contribution in [0.15, 0.2) is 78.9 Å². The molecule has 0 saturated carbocycles. The number of rotatable bonds is 5. The molecule has 0 spiro atoms. The van der Waals surface area contributed by atoms with Crippen molar-refractivity contribution in [2.24, 2.45) is 0 Å². The number of amides is 2. The van der Waals surface area contributed by atoms with Crippen LogP contribution in [-0.4, -0.2) is 17.6 Å². The van der Waals surface area contributed by atoms with Crippen molar-refractivity contribution >= 4 is 29.0 Å². The molecule has 3 rings (SSSR count). The molecule has 0 saturated heterocycles. The lowest BCUT2D eigenvalue weighted by molar-refractivity contribution is -0.464. The van der Waals surface area contributed by atoms with Crippen molar-refractivity contribution in [3.05, 3.63) is 95.6 Å². The van der Waals surface area contributed by atoms with E-state index in [2.05, 4.69) is 5.32 Å². The molecule has 3 aromatic carbocycles. The van der Waals surface area contributed by atoms with Gasteiger partial charge in [0, 0.05) is 16.8 Å². The van der Waals surface area contributed by atoms with Crippen LogP contribution in [0.3, 0.4) is 0 Å². The monoisotopic (exact) mass is 359 g/mol. The number of carbonyl (C=O) groups excluding carboxylic acids is 3. The van der Waals surface area contributed by atoms with Gasteiger partial charge in [0.25, 0.3) is 5.91 Å². The van der Waals surface area contributed by atoms with Crippen molar-refractivity contribution < 1.29 is 19.7 Å². The molecule has 0 heterocycles. The molecule has 5 nitrogen and oxygen atoms in total. The highest BCUT2D eigenvalue weighted by molar-refractivity contribution is 6.08. The molecular weight excluding hydrogens is 340 g/mol. The van der Waals surface area contributed by atoms with Crippen LogP contribution in [0.4, 0.5) is 11.4 Å². The second-order valence-corrected chi connectivity index (χ2v) is 6.09. The number of benzene rings is 3. The number of quaternary nitrogens is 1. The molecule has 0 bridgehead atoms. The highest BCUT2D eigenvalue weighted by Crippen LogP contribution is 2.14. The lowest BCUT2D eigenvalue weighted by atomic mass is 10.0. The number of ketones is 1. The third-order valence-electron chi connectivity index (χ3n) is 4.02. The maximum Gasteiger partial charge on any atom is 0.347 e. The Morgan fingerprint density at radius 2 is 1.30 bits per heavy atom. The fourth-order valence-electron chi connectivity index (χ4n) is 2.61. The summed E-state index contributed by atoms with van der Waals surface area (Å²) in [6.07, 6.45) is 0. The van der Waals surface area contributed by atoms with E-state index >= 15 is 0 Å². The fourth-order valence-corrected chi connectivity index (χ4v) is 2.61. The molecule has 134 valence electrons. The summed E-state index contributed by atoms with van der Waals surface area (Å²) in [5.74, 6) is -0.853. The number of nitrogens with one attached hydrogen (secondary N) is 1. The molecule has 3 aromatic rings. The van der Waals surface area contributed by atoms with Gasteiger partial charge in [-0.3, -0.25) is 9.59 Å². The first-order valence-corrected chi connectivity index (χ1v) is 8.49. The summed E-state index contributed by atoms with van der Waals surface area (Å²) < 4.78 is 0. The Morgan fingerprint density at radius 3 is 1.93 bits per heavy atom. The normalized spacial score (nSPS) is 10.3. The predicted octanol–water partition coefficient (Wildman–Crippen LogP) is 3.18. The van der Waals surface area contributed by atoms with Gasteiger partial charge in [-0.05, 0) is 49.4 Å². The summed E-state index contributed by atoms with van der Waals surface area (Å²) in [7, 11) is 0. The quantitative estimate of drug-likeness (QED) is 0.542. The molecule has 0 unspecified atom stereocenters. The SMILES string of the molecule is CC(=O)c1cc(C(=O)Nc2ccccc2)cc(C(=O)[NH2+]c2ccccc2)c1. The van der Waals surface area contributed by atoms with Gasteiger partial charge in [0.2, 0.25) is 0 Å². The van der Waals surface area contributed by atoms with E-state index in [1.165, 1.54) is 30.4 Å². The van der Waals surface area contributed by atoms with E-state index in [0.717, 1.165) is 5.69 Å². The number of para-hydroxylation sites is 2. The molecule has 3 N–H and O–H groups in total. The zero-order valence-electron chi connectivity index (χ0n) is 14.8. The van der Waals surface area contributed by atoms with Crippen molar-refractivity contribution in [1.82, 2.24) is 0 Å². The Balaban J connectivity index is 1.89. The lowest BCUT2D eigenvalue weighted by Crippen LogP contribution is -2.82. The molecule has 0 aromatic heterocycles. The van der Waals surface area contributed by atoms with Crippen molar-refractivity contribution in [3.63, 3.8) is 0 Å². The number of anilines is 1. The first kappa shape index (κ1) is 18.2. The highest BCUT2D eigenvalue weighted by atomic mass is 16.2. The summed E-state index contributed by atoms with van der Waals surface area (Å²) in [4.78, 5) is 37.1. The Bertz CT molecular complexity index is 911. The summed E-state index contributed by atoms with van der Waals surface area (Å²) in [5, 5.41) is 4.25. The van der Waals surface area contributed by atoms with Crippen LogP contribution in [0.25, 0.3) is 0 Å². The first-order valence-electron chi connectivity index (χ1n) is 8.49. The molecule has 27 heavy (non-hydrogen) atoms. The van der Waals surface area contributed by atoms with Crippen LogP contribution in [0.5, 0.6) is 0 Å². The number of nitrogens with two attached hydrogens (primary N) is 1. The Morgan fingerprint density at radius 1 is 0.741 bits per heavy atom. The minimum atomic E-state index is -0.377. The summed E-state index contributed by atoms with van der Waals surface area (Å²) in [6, 6.07) is 22.7. The van der Waals surface area contributed by atoms with Gasteiger partial charge in [0.05, 0.1) is 5.56 Å². The zero-order valence-corrected chi connectivity index (χ0v) is 14.8. The van der Waals surface area contributed by atoms with Crippen LogP contribution >= 0.6 is 0 Å². The average Bonchev–Trinajstić information content (AvgIpc) is 2.69. The van der Waals surface area contributed by atoms with E-state index in [-0.39, 0.29) is 23.2 Å². The summed E-state index contributed by atoms with van der Waals surface area (Å²) >= 11 is 0. The average molecular weight is 359 g/mol. The van der Waals surface area contributed by atoms with E-state index in [1.54, 1.807) is 12.1 Å². The van der Waals surface area contributed by atoms with Gasteiger partial charge in [-0.15, -0.1) is 0 Å². The van der Waals surface area contributed by atoms with E-state index in [1.807, 2.05) is 48.5 Å². The van der Waals surface area contributed by atoms with Crippen LogP contribution in [0, 0.1) is 0 Å². The number of hydrogen-bond donors (Lipinski definition) is 2. The molecule has 0 aliphatic carbocycles. The van der Waals surface area contributed by atoms with Crippen molar-refractivity contribution in [2.75, 3.05) is 5.32 Å². The standard InChI is InChI=1S/C22H18N2O3/c1-15(25)16-12-17(21(26)23-19-8-4-2-5-9-19)14-18(13-16)22(27)24-20-10-6-3-7-11-20/h2-14H,1H3,(H,23,26)(H,24,27)/p+1. The van der Waals surface area contributed by atoms with Gasteiger partial charge in [-0.1, -0.05) is 36.4 Å². The topological polar surface area (TPSA) is 79.8 Å². The molecule has 0 radical (unpaired) electrons. The highest BCUT2D eigenvalue weighted by Gasteiger charge is 2.18. The minimum Gasteiger partial charge on any atom is -0.322 e. The minimum absolute atomic E-state index is 0.210. The van der Waals surface area contributed by atoms with Gasteiger partial charge in [0.1, 0.15) is 5.69 Å². The number of carbonyl (C=O) groups is 3. The van der Waals surface area contributed by atoms with Gasteiger partial charge in [-0.25, -0.2) is 10.1 Å². The largest absolute Gasteiger partial charge is 0.347 e. The van der Waals surface area contributed by atoms with Gasteiger partial charge >= 0.3 is 5.91 Å². The van der Waals surface area contributed by atoms with Crippen molar-refractivity contribution in [3.8, 4) is 0 Å². The number of hydrogen-bond acceptors (Lipinski definition) is 3. The Labute approximate surface area is 157 Å².